The monoisotopic (exact) mass is 390 g/mol. The molecule has 4 fully saturated rings. The van der Waals surface area contributed by atoms with E-state index in [1.807, 2.05) is 0 Å². The zero-order valence-electron chi connectivity index (χ0n) is 15.7. The van der Waals surface area contributed by atoms with E-state index in [2.05, 4.69) is 6.92 Å². The van der Waals surface area contributed by atoms with Gasteiger partial charge in [0.1, 0.15) is 0 Å². The van der Waals surface area contributed by atoms with Gasteiger partial charge in [-0.3, -0.25) is 4.79 Å². The van der Waals surface area contributed by atoms with E-state index in [4.69, 9.17) is 16.7 Å². The SMILES string of the molecule is C[C@]12CC[C@H]3[C@@H](CCC4=C(Cl)C(=O)CC[C@@H]43)[C@@H]1[C@@H]1C[C@@H]1[C@@]2(O)/C=C\C(=O)O. The Morgan fingerprint density at radius 1 is 1.19 bits per heavy atom. The molecule has 5 aliphatic carbocycles. The molecular weight excluding hydrogens is 364 g/mol. The smallest absolute Gasteiger partial charge is 0.328 e. The van der Waals surface area contributed by atoms with Crippen LogP contribution in [0.2, 0.25) is 0 Å². The van der Waals surface area contributed by atoms with Crippen LogP contribution in [0.1, 0.15) is 51.9 Å². The number of aliphatic carboxylic acids is 1. The van der Waals surface area contributed by atoms with Crippen molar-refractivity contribution < 1.29 is 19.8 Å². The third kappa shape index (κ3) is 2.26. The number of aliphatic hydroxyl groups is 1. The minimum absolute atomic E-state index is 0.110. The molecule has 27 heavy (non-hydrogen) atoms. The van der Waals surface area contributed by atoms with Gasteiger partial charge in [0, 0.05) is 17.9 Å². The first-order valence-corrected chi connectivity index (χ1v) is 10.7. The Morgan fingerprint density at radius 3 is 2.70 bits per heavy atom. The highest BCUT2D eigenvalue weighted by Gasteiger charge is 2.74. The highest BCUT2D eigenvalue weighted by Crippen LogP contribution is 2.76. The largest absolute Gasteiger partial charge is 0.478 e. The third-order valence-corrected chi connectivity index (χ3v) is 9.38. The first kappa shape index (κ1) is 17.9. The number of fused-ring (bicyclic) bond motifs is 7. The summed E-state index contributed by atoms with van der Waals surface area (Å²) in [6.45, 7) is 2.19. The van der Waals surface area contributed by atoms with Gasteiger partial charge in [-0.15, -0.1) is 0 Å². The van der Waals surface area contributed by atoms with Crippen molar-refractivity contribution in [1.29, 1.82) is 0 Å². The van der Waals surface area contributed by atoms with Crippen LogP contribution in [0.5, 0.6) is 0 Å². The van der Waals surface area contributed by atoms with Crippen molar-refractivity contribution in [2.24, 2.45) is 40.9 Å². The number of ketones is 1. The third-order valence-electron chi connectivity index (χ3n) is 8.93. The number of allylic oxidation sites excluding steroid dienone is 1. The van der Waals surface area contributed by atoms with Gasteiger partial charge in [0.05, 0.1) is 10.6 Å². The summed E-state index contributed by atoms with van der Waals surface area (Å²) in [5, 5.41) is 21.2. The number of hydrogen-bond donors (Lipinski definition) is 2. The second-order valence-electron chi connectivity index (χ2n) is 9.76. The maximum Gasteiger partial charge on any atom is 0.328 e. The molecule has 0 unspecified atom stereocenters. The minimum Gasteiger partial charge on any atom is -0.478 e. The molecule has 146 valence electrons. The number of Topliss-reactive ketones (excluding diaryl/α,β-unsaturated/α-hetero) is 1. The van der Waals surface area contributed by atoms with Crippen LogP contribution in [-0.4, -0.2) is 27.6 Å². The van der Waals surface area contributed by atoms with Gasteiger partial charge in [-0.1, -0.05) is 18.5 Å². The lowest BCUT2D eigenvalue weighted by Gasteiger charge is -2.56. The van der Waals surface area contributed by atoms with Crippen molar-refractivity contribution in [1.82, 2.24) is 0 Å². The fourth-order valence-electron chi connectivity index (χ4n) is 7.79. The molecule has 0 aromatic heterocycles. The summed E-state index contributed by atoms with van der Waals surface area (Å²) in [7, 11) is 0. The van der Waals surface area contributed by atoms with Gasteiger partial charge in [-0.05, 0) is 85.7 Å². The Kier molecular flexibility index (Phi) is 3.78. The second-order valence-corrected chi connectivity index (χ2v) is 10.1. The molecule has 2 N–H and O–H groups in total. The molecule has 5 aliphatic rings. The summed E-state index contributed by atoms with van der Waals surface area (Å²) in [6, 6.07) is 0. The van der Waals surface area contributed by atoms with Crippen LogP contribution in [0.3, 0.4) is 0 Å². The number of hydrogen-bond acceptors (Lipinski definition) is 3. The molecule has 0 bridgehead atoms. The maximum absolute atomic E-state index is 12.0. The minimum atomic E-state index is -0.998. The molecule has 5 heteroatoms. The van der Waals surface area contributed by atoms with Gasteiger partial charge in [-0.2, -0.15) is 0 Å². The number of carbonyl (C=O) groups excluding carboxylic acids is 1. The maximum atomic E-state index is 12.0. The quantitative estimate of drug-likeness (QED) is 0.701. The topological polar surface area (TPSA) is 74.6 Å². The van der Waals surface area contributed by atoms with Gasteiger partial charge < -0.3 is 10.2 Å². The molecule has 0 aromatic rings. The summed E-state index contributed by atoms with van der Waals surface area (Å²) < 4.78 is 0. The Hall–Kier alpha value is -1.13. The fourth-order valence-corrected chi connectivity index (χ4v) is 8.12. The molecular formula is C22H27ClO4. The summed E-state index contributed by atoms with van der Waals surface area (Å²) in [4.78, 5) is 23.1. The van der Waals surface area contributed by atoms with E-state index in [0.29, 0.717) is 41.0 Å². The van der Waals surface area contributed by atoms with Crippen LogP contribution < -0.4 is 0 Å². The zero-order chi connectivity index (χ0) is 19.1. The summed E-state index contributed by atoms with van der Waals surface area (Å²) in [5.74, 6) is 1.82. The Balaban J connectivity index is 1.49. The molecule has 5 rings (SSSR count). The predicted molar refractivity (Wildman–Crippen MR) is 101 cm³/mol. The second kappa shape index (κ2) is 5.70. The molecule has 0 saturated heterocycles. The van der Waals surface area contributed by atoms with Crippen LogP contribution in [0.4, 0.5) is 0 Å². The van der Waals surface area contributed by atoms with Crippen LogP contribution in [-0.2, 0) is 9.59 Å². The molecule has 0 amide bonds. The lowest BCUT2D eigenvalue weighted by molar-refractivity contribution is -0.132. The molecule has 4 saturated carbocycles. The van der Waals surface area contributed by atoms with Crippen LogP contribution in [0.25, 0.3) is 0 Å². The van der Waals surface area contributed by atoms with Crippen molar-refractivity contribution in [3.8, 4) is 0 Å². The summed E-state index contributed by atoms with van der Waals surface area (Å²) in [6.07, 6.45) is 9.13. The lowest BCUT2D eigenvalue weighted by Crippen LogP contribution is -2.54. The number of carboxylic acid groups (broad SMARTS) is 1. The first-order valence-electron chi connectivity index (χ1n) is 10.3. The number of halogens is 1. The summed E-state index contributed by atoms with van der Waals surface area (Å²) in [5.41, 5.74) is -0.0466. The highest BCUT2D eigenvalue weighted by atomic mass is 35.5. The molecule has 0 aliphatic heterocycles. The molecule has 0 spiro atoms. The highest BCUT2D eigenvalue weighted by molar-refractivity contribution is 6.43. The molecule has 8 atom stereocenters. The zero-order valence-corrected chi connectivity index (χ0v) is 16.4. The summed E-state index contributed by atoms with van der Waals surface area (Å²) >= 11 is 6.39. The van der Waals surface area contributed by atoms with Crippen molar-refractivity contribution in [2.45, 2.75) is 57.5 Å². The Labute approximate surface area is 164 Å². The van der Waals surface area contributed by atoms with E-state index in [1.165, 1.54) is 5.57 Å². The number of rotatable bonds is 2. The van der Waals surface area contributed by atoms with Crippen molar-refractivity contribution in [2.75, 3.05) is 0 Å². The van der Waals surface area contributed by atoms with Gasteiger partial charge in [0.15, 0.2) is 5.78 Å². The standard InChI is InChI=1S/C22H27ClO4/c1-21-8-6-12-11-4-5-17(24)20(23)14(11)3-2-13(12)19(21)15-10-16(15)22(21,27)9-7-18(25)26/h7,9,11-13,15-16,19,27H,2-6,8,10H2,1H3,(H,25,26)/b9-7-/t11-,12-,13-,15-,16+,19-,21+,22+/m1/s1. The van der Waals surface area contributed by atoms with Gasteiger partial charge >= 0.3 is 5.97 Å². The molecule has 0 heterocycles. The normalized spacial score (nSPS) is 50.9. The predicted octanol–water partition coefficient (Wildman–Crippen LogP) is 3.92. The van der Waals surface area contributed by atoms with Gasteiger partial charge in [-0.25, -0.2) is 4.79 Å². The van der Waals surface area contributed by atoms with E-state index < -0.39 is 11.6 Å². The van der Waals surface area contributed by atoms with Crippen LogP contribution >= 0.6 is 11.6 Å². The number of carbonyl (C=O) groups is 2. The van der Waals surface area contributed by atoms with E-state index >= 15 is 0 Å². The van der Waals surface area contributed by atoms with E-state index in [9.17, 15) is 14.7 Å². The van der Waals surface area contributed by atoms with Crippen LogP contribution in [0, 0.1) is 40.9 Å². The van der Waals surface area contributed by atoms with Crippen molar-refractivity contribution in [3.63, 3.8) is 0 Å². The molecule has 0 radical (unpaired) electrons. The Bertz CT molecular complexity index is 785. The van der Waals surface area contributed by atoms with Gasteiger partial charge in [0.2, 0.25) is 0 Å². The van der Waals surface area contributed by atoms with Crippen LogP contribution in [0.15, 0.2) is 22.8 Å². The lowest BCUT2D eigenvalue weighted by atomic mass is 9.49. The van der Waals surface area contributed by atoms with Gasteiger partial charge in [0.25, 0.3) is 0 Å². The van der Waals surface area contributed by atoms with E-state index in [-0.39, 0.29) is 17.1 Å². The molecule has 4 nitrogen and oxygen atoms in total. The van der Waals surface area contributed by atoms with Crippen molar-refractivity contribution >= 4 is 23.4 Å². The fraction of sp³-hybridized carbons (Fsp3) is 0.727. The van der Waals surface area contributed by atoms with Crippen molar-refractivity contribution in [3.05, 3.63) is 22.8 Å². The first-order chi connectivity index (χ1) is 12.8. The number of carboxylic acids is 1. The van der Waals surface area contributed by atoms with E-state index in [1.54, 1.807) is 6.08 Å². The molecule has 0 aromatic carbocycles. The van der Waals surface area contributed by atoms with E-state index in [0.717, 1.165) is 44.6 Å². The average molecular weight is 391 g/mol. The average Bonchev–Trinajstić information content (AvgIpc) is 3.39. The Morgan fingerprint density at radius 2 is 1.96 bits per heavy atom.